The van der Waals surface area contributed by atoms with E-state index in [1.165, 1.54) is 48.8 Å². The Balaban J connectivity index is 2.22. The standard InChI is InChI=1S/C21H36N2/c1-5-7-8-9-15-23-21(6-2)17-22-16-14-19(4)20-12-10-18(3)11-13-20/h10-14,21-23H,5-9,15-17H2,1-4H3/b19-14+. The monoisotopic (exact) mass is 316 g/mol. The van der Waals surface area contributed by atoms with Gasteiger partial charge in [-0.1, -0.05) is 69.0 Å². The first-order chi connectivity index (χ1) is 11.2. The Morgan fingerprint density at radius 3 is 2.48 bits per heavy atom. The van der Waals surface area contributed by atoms with Crippen molar-refractivity contribution in [2.24, 2.45) is 0 Å². The molecule has 0 heterocycles. The molecule has 0 spiro atoms. The number of hydrogen-bond donors (Lipinski definition) is 2. The number of nitrogens with one attached hydrogen (secondary N) is 2. The van der Waals surface area contributed by atoms with E-state index in [0.29, 0.717) is 6.04 Å². The summed E-state index contributed by atoms with van der Waals surface area (Å²) in [6.45, 7) is 12.0. The molecule has 0 amide bonds. The number of allylic oxidation sites excluding steroid dienone is 1. The van der Waals surface area contributed by atoms with Crippen LogP contribution in [-0.4, -0.2) is 25.7 Å². The van der Waals surface area contributed by atoms with Gasteiger partial charge in [0.25, 0.3) is 0 Å². The number of unbranched alkanes of at least 4 members (excludes halogenated alkanes) is 3. The Hall–Kier alpha value is -1.12. The second-order valence-electron chi connectivity index (χ2n) is 6.53. The first-order valence-corrected chi connectivity index (χ1v) is 9.35. The van der Waals surface area contributed by atoms with Crippen LogP contribution in [0.3, 0.4) is 0 Å². The normalized spacial score (nSPS) is 13.3. The smallest absolute Gasteiger partial charge is 0.0189 e. The Morgan fingerprint density at radius 2 is 1.83 bits per heavy atom. The zero-order valence-corrected chi connectivity index (χ0v) is 15.6. The van der Waals surface area contributed by atoms with E-state index < -0.39 is 0 Å². The van der Waals surface area contributed by atoms with Crippen LogP contribution in [0.1, 0.15) is 64.0 Å². The molecule has 0 aliphatic carbocycles. The number of aryl methyl sites for hydroxylation is 1. The van der Waals surface area contributed by atoms with Gasteiger partial charge in [-0.05, 0) is 44.4 Å². The molecule has 1 aromatic rings. The fourth-order valence-electron chi connectivity index (χ4n) is 2.64. The molecule has 1 unspecified atom stereocenters. The first-order valence-electron chi connectivity index (χ1n) is 9.35. The van der Waals surface area contributed by atoms with Crippen LogP contribution in [0.4, 0.5) is 0 Å². The molecule has 2 nitrogen and oxygen atoms in total. The lowest BCUT2D eigenvalue weighted by molar-refractivity contribution is 0.459. The molecule has 0 saturated carbocycles. The molecule has 0 saturated heterocycles. The van der Waals surface area contributed by atoms with Crippen molar-refractivity contribution in [3.05, 3.63) is 41.5 Å². The lowest BCUT2D eigenvalue weighted by Crippen LogP contribution is -2.38. The largest absolute Gasteiger partial charge is 0.313 e. The summed E-state index contributed by atoms with van der Waals surface area (Å²) in [5.74, 6) is 0. The quantitative estimate of drug-likeness (QED) is 0.534. The van der Waals surface area contributed by atoms with Crippen molar-refractivity contribution in [1.29, 1.82) is 0 Å². The minimum absolute atomic E-state index is 0.588. The molecule has 0 aromatic heterocycles. The van der Waals surface area contributed by atoms with Gasteiger partial charge in [0, 0.05) is 19.1 Å². The highest BCUT2D eigenvalue weighted by atomic mass is 15.0. The van der Waals surface area contributed by atoms with Crippen LogP contribution in [-0.2, 0) is 0 Å². The Kier molecular flexibility index (Phi) is 10.7. The third kappa shape index (κ3) is 8.92. The van der Waals surface area contributed by atoms with Crippen molar-refractivity contribution in [2.75, 3.05) is 19.6 Å². The summed E-state index contributed by atoms with van der Waals surface area (Å²) >= 11 is 0. The van der Waals surface area contributed by atoms with Gasteiger partial charge in [-0.3, -0.25) is 0 Å². The topological polar surface area (TPSA) is 24.1 Å². The van der Waals surface area contributed by atoms with Gasteiger partial charge in [0.05, 0.1) is 0 Å². The summed E-state index contributed by atoms with van der Waals surface area (Å²) in [4.78, 5) is 0. The van der Waals surface area contributed by atoms with Crippen molar-refractivity contribution in [3.8, 4) is 0 Å². The summed E-state index contributed by atoms with van der Waals surface area (Å²) in [5.41, 5.74) is 3.98. The second kappa shape index (κ2) is 12.3. The van der Waals surface area contributed by atoms with Crippen LogP contribution in [0.5, 0.6) is 0 Å². The molecule has 1 atom stereocenters. The lowest BCUT2D eigenvalue weighted by atomic mass is 10.1. The molecular formula is C21H36N2. The summed E-state index contributed by atoms with van der Waals surface area (Å²) in [5, 5.41) is 7.23. The van der Waals surface area contributed by atoms with Gasteiger partial charge in [0.1, 0.15) is 0 Å². The first kappa shape index (κ1) is 19.9. The van der Waals surface area contributed by atoms with E-state index in [-0.39, 0.29) is 0 Å². The second-order valence-corrected chi connectivity index (χ2v) is 6.53. The molecule has 1 rings (SSSR count). The van der Waals surface area contributed by atoms with Gasteiger partial charge < -0.3 is 10.6 Å². The molecule has 1 aromatic carbocycles. The van der Waals surface area contributed by atoms with Crippen LogP contribution in [0.2, 0.25) is 0 Å². The van der Waals surface area contributed by atoms with Crippen LogP contribution in [0.25, 0.3) is 5.57 Å². The Morgan fingerprint density at radius 1 is 1.09 bits per heavy atom. The van der Waals surface area contributed by atoms with Crippen LogP contribution in [0.15, 0.2) is 30.3 Å². The highest BCUT2D eigenvalue weighted by Crippen LogP contribution is 2.13. The SMILES string of the molecule is CCCCCCNC(CC)CNC/C=C(\C)c1ccc(C)cc1. The third-order valence-electron chi connectivity index (χ3n) is 4.41. The zero-order chi connectivity index (χ0) is 16.9. The molecule has 2 heteroatoms. The lowest BCUT2D eigenvalue weighted by Gasteiger charge is -2.17. The van der Waals surface area contributed by atoms with Gasteiger partial charge in [-0.15, -0.1) is 0 Å². The average molecular weight is 317 g/mol. The number of rotatable bonds is 12. The van der Waals surface area contributed by atoms with Crippen LogP contribution >= 0.6 is 0 Å². The van der Waals surface area contributed by atoms with E-state index in [1.54, 1.807) is 0 Å². The van der Waals surface area contributed by atoms with E-state index in [0.717, 1.165) is 19.6 Å². The predicted octanol–water partition coefficient (Wildman–Crippen LogP) is 4.94. The van der Waals surface area contributed by atoms with Gasteiger partial charge in [0.15, 0.2) is 0 Å². The Bertz CT molecular complexity index is 434. The summed E-state index contributed by atoms with van der Waals surface area (Å²) in [6, 6.07) is 9.34. The maximum Gasteiger partial charge on any atom is 0.0189 e. The van der Waals surface area contributed by atoms with Gasteiger partial charge in [-0.2, -0.15) is 0 Å². The maximum absolute atomic E-state index is 3.67. The summed E-state index contributed by atoms with van der Waals surface area (Å²) in [6.07, 6.45) is 8.80. The molecule has 2 N–H and O–H groups in total. The fraction of sp³-hybridized carbons (Fsp3) is 0.619. The van der Waals surface area contributed by atoms with Crippen molar-refractivity contribution in [2.45, 2.75) is 65.8 Å². The highest BCUT2D eigenvalue weighted by molar-refractivity contribution is 5.63. The predicted molar refractivity (Wildman–Crippen MR) is 104 cm³/mol. The van der Waals surface area contributed by atoms with Gasteiger partial charge in [-0.25, -0.2) is 0 Å². The van der Waals surface area contributed by atoms with E-state index in [1.807, 2.05) is 0 Å². The van der Waals surface area contributed by atoms with Crippen molar-refractivity contribution < 1.29 is 0 Å². The molecule has 0 radical (unpaired) electrons. The van der Waals surface area contributed by atoms with Crippen LogP contribution in [0, 0.1) is 6.92 Å². The van der Waals surface area contributed by atoms with E-state index >= 15 is 0 Å². The molecular weight excluding hydrogens is 280 g/mol. The van der Waals surface area contributed by atoms with Crippen LogP contribution < -0.4 is 10.6 Å². The minimum Gasteiger partial charge on any atom is -0.313 e. The van der Waals surface area contributed by atoms with Crippen molar-refractivity contribution in [1.82, 2.24) is 10.6 Å². The van der Waals surface area contributed by atoms with E-state index in [9.17, 15) is 0 Å². The highest BCUT2D eigenvalue weighted by Gasteiger charge is 2.03. The maximum atomic E-state index is 3.67. The molecule has 0 aliphatic rings. The Labute approximate surface area is 143 Å². The number of hydrogen-bond acceptors (Lipinski definition) is 2. The number of benzene rings is 1. The van der Waals surface area contributed by atoms with E-state index in [4.69, 9.17) is 0 Å². The fourth-order valence-corrected chi connectivity index (χ4v) is 2.64. The zero-order valence-electron chi connectivity index (χ0n) is 15.6. The van der Waals surface area contributed by atoms with E-state index in [2.05, 4.69) is 68.7 Å². The van der Waals surface area contributed by atoms with Gasteiger partial charge >= 0.3 is 0 Å². The molecule has 0 bridgehead atoms. The summed E-state index contributed by atoms with van der Waals surface area (Å²) < 4.78 is 0. The minimum atomic E-state index is 0.588. The molecule has 23 heavy (non-hydrogen) atoms. The summed E-state index contributed by atoms with van der Waals surface area (Å²) in [7, 11) is 0. The van der Waals surface area contributed by atoms with Gasteiger partial charge in [0.2, 0.25) is 0 Å². The van der Waals surface area contributed by atoms with Crippen molar-refractivity contribution in [3.63, 3.8) is 0 Å². The third-order valence-corrected chi connectivity index (χ3v) is 4.41. The molecule has 0 aliphatic heterocycles. The molecule has 0 fully saturated rings. The van der Waals surface area contributed by atoms with Crippen molar-refractivity contribution >= 4 is 5.57 Å². The molecule has 130 valence electrons. The average Bonchev–Trinajstić information content (AvgIpc) is 2.57.